The third kappa shape index (κ3) is 4.46. The van der Waals surface area contributed by atoms with Crippen LogP contribution in [-0.4, -0.2) is 65.7 Å². The van der Waals surface area contributed by atoms with Crippen LogP contribution in [0.2, 0.25) is 5.02 Å². The highest BCUT2D eigenvalue weighted by atomic mass is 35.5. The minimum absolute atomic E-state index is 0.0344. The van der Waals surface area contributed by atoms with E-state index in [1.54, 1.807) is 29.2 Å². The highest BCUT2D eigenvalue weighted by Gasteiger charge is 2.51. The Morgan fingerprint density at radius 3 is 2.53 bits per heavy atom. The molecular formula is C27H30ClN3O4S. The number of nitrogens with zero attached hydrogens (tertiary/aromatic N) is 3. The van der Waals surface area contributed by atoms with Gasteiger partial charge in [-0.05, 0) is 67.6 Å². The molecule has 2 atom stereocenters. The van der Waals surface area contributed by atoms with Gasteiger partial charge >= 0.3 is 0 Å². The van der Waals surface area contributed by atoms with Gasteiger partial charge in [0.15, 0.2) is 0 Å². The van der Waals surface area contributed by atoms with Crippen LogP contribution in [0, 0.1) is 0 Å². The van der Waals surface area contributed by atoms with Crippen molar-refractivity contribution in [1.29, 1.82) is 0 Å². The number of carbonyl (C=O) groups excluding carboxylic acids is 2. The molecule has 190 valence electrons. The SMILES string of the molecule is CC(C)N1CC2N(C(=O)CCN2S(=O)(=O)c2ccc3c(c2)C=CCC3)C(Cc2ccc(Cl)cc2)C1=O. The lowest BCUT2D eigenvalue weighted by molar-refractivity contribution is -0.166. The number of fused-ring (bicyclic) bond motifs is 2. The van der Waals surface area contributed by atoms with Crippen molar-refractivity contribution in [3.05, 3.63) is 70.3 Å². The van der Waals surface area contributed by atoms with E-state index in [2.05, 4.69) is 6.08 Å². The topological polar surface area (TPSA) is 78.0 Å². The summed E-state index contributed by atoms with van der Waals surface area (Å²) >= 11 is 6.04. The lowest BCUT2D eigenvalue weighted by Crippen LogP contribution is -2.72. The number of hydrogen-bond acceptors (Lipinski definition) is 4. The first kappa shape index (κ1) is 25.0. The molecule has 3 aliphatic rings. The fraction of sp³-hybridized carbons (Fsp3) is 0.407. The van der Waals surface area contributed by atoms with E-state index < -0.39 is 22.2 Å². The quantitative estimate of drug-likeness (QED) is 0.594. The molecule has 2 aromatic carbocycles. The molecule has 7 nitrogen and oxygen atoms in total. The van der Waals surface area contributed by atoms with Crippen LogP contribution in [0.3, 0.4) is 0 Å². The van der Waals surface area contributed by atoms with E-state index in [0.29, 0.717) is 11.4 Å². The zero-order chi connectivity index (χ0) is 25.6. The monoisotopic (exact) mass is 527 g/mol. The van der Waals surface area contributed by atoms with Crippen LogP contribution in [0.25, 0.3) is 6.08 Å². The molecule has 0 saturated carbocycles. The fourth-order valence-electron chi connectivity index (χ4n) is 5.40. The van der Waals surface area contributed by atoms with Crippen molar-refractivity contribution in [3.8, 4) is 0 Å². The first-order chi connectivity index (χ1) is 17.2. The van der Waals surface area contributed by atoms with Crippen molar-refractivity contribution >= 4 is 39.5 Å². The van der Waals surface area contributed by atoms with E-state index in [0.717, 1.165) is 29.5 Å². The van der Waals surface area contributed by atoms with E-state index in [-0.39, 0.29) is 42.3 Å². The number of hydrogen-bond donors (Lipinski definition) is 0. The average Bonchev–Trinajstić information content (AvgIpc) is 2.86. The van der Waals surface area contributed by atoms with E-state index in [1.807, 2.05) is 38.1 Å². The van der Waals surface area contributed by atoms with Crippen molar-refractivity contribution < 1.29 is 18.0 Å². The summed E-state index contributed by atoms with van der Waals surface area (Å²) in [7, 11) is -3.91. The second-order valence-electron chi connectivity index (χ2n) is 9.88. The average molecular weight is 528 g/mol. The standard InChI is InChI=1S/C27H30ClN3O4S/c1-18(2)29-17-25-30(36(34,35)23-12-9-20-5-3-4-6-21(20)16-23)14-13-26(32)31(25)24(27(29)33)15-19-7-10-22(28)11-8-19/h4,6-12,16,18,24-25H,3,5,13-15,17H2,1-2H3. The van der Waals surface area contributed by atoms with Gasteiger partial charge in [-0.25, -0.2) is 8.42 Å². The van der Waals surface area contributed by atoms with Crippen LogP contribution >= 0.6 is 11.6 Å². The highest BCUT2D eigenvalue weighted by Crippen LogP contribution is 2.33. The molecule has 2 fully saturated rings. The van der Waals surface area contributed by atoms with Gasteiger partial charge in [0.1, 0.15) is 12.2 Å². The van der Waals surface area contributed by atoms with Crippen molar-refractivity contribution in [3.63, 3.8) is 0 Å². The van der Waals surface area contributed by atoms with Crippen LogP contribution in [0.5, 0.6) is 0 Å². The summed E-state index contributed by atoms with van der Waals surface area (Å²) in [6.07, 6.45) is 5.41. The maximum absolute atomic E-state index is 13.9. The molecule has 2 heterocycles. The second kappa shape index (κ2) is 9.65. The lowest BCUT2D eigenvalue weighted by Gasteiger charge is -2.52. The molecular weight excluding hydrogens is 498 g/mol. The molecule has 2 aromatic rings. The number of aryl methyl sites for hydroxylation is 1. The third-order valence-corrected chi connectivity index (χ3v) is 9.46. The third-order valence-electron chi connectivity index (χ3n) is 7.32. The Balaban J connectivity index is 1.53. The molecule has 5 rings (SSSR count). The van der Waals surface area contributed by atoms with Gasteiger partial charge in [0.25, 0.3) is 0 Å². The number of allylic oxidation sites excluding steroid dienone is 1. The number of halogens is 1. The Kier molecular flexibility index (Phi) is 6.70. The van der Waals surface area contributed by atoms with Crippen molar-refractivity contribution in [2.45, 2.75) is 62.7 Å². The Morgan fingerprint density at radius 2 is 1.81 bits per heavy atom. The van der Waals surface area contributed by atoms with Gasteiger partial charge < -0.3 is 9.80 Å². The van der Waals surface area contributed by atoms with E-state index in [9.17, 15) is 18.0 Å². The molecule has 0 spiro atoms. The van der Waals surface area contributed by atoms with Crippen molar-refractivity contribution in [1.82, 2.24) is 14.1 Å². The summed E-state index contributed by atoms with van der Waals surface area (Å²) in [4.78, 5) is 30.2. The highest BCUT2D eigenvalue weighted by molar-refractivity contribution is 7.89. The number of rotatable bonds is 5. The lowest BCUT2D eigenvalue weighted by atomic mass is 9.97. The number of piperazine rings is 1. The Morgan fingerprint density at radius 1 is 1.06 bits per heavy atom. The van der Waals surface area contributed by atoms with E-state index in [4.69, 9.17) is 11.6 Å². The summed E-state index contributed by atoms with van der Waals surface area (Å²) in [6.45, 7) is 4.05. The summed E-state index contributed by atoms with van der Waals surface area (Å²) < 4.78 is 29.3. The van der Waals surface area contributed by atoms with Crippen molar-refractivity contribution in [2.75, 3.05) is 13.1 Å². The number of sulfonamides is 1. The van der Waals surface area contributed by atoms with Crippen molar-refractivity contribution in [2.24, 2.45) is 0 Å². The maximum Gasteiger partial charge on any atom is 0.246 e. The molecule has 0 aromatic heterocycles. The summed E-state index contributed by atoms with van der Waals surface area (Å²) in [6, 6.07) is 11.5. The summed E-state index contributed by atoms with van der Waals surface area (Å²) in [5.74, 6) is -0.363. The largest absolute Gasteiger partial charge is 0.335 e. The first-order valence-corrected chi connectivity index (χ1v) is 14.2. The zero-order valence-corrected chi connectivity index (χ0v) is 22.0. The van der Waals surface area contributed by atoms with Gasteiger partial charge in [0.2, 0.25) is 21.8 Å². The smallest absolute Gasteiger partial charge is 0.246 e. The molecule has 0 bridgehead atoms. The predicted octanol–water partition coefficient (Wildman–Crippen LogP) is 3.71. The van der Waals surface area contributed by atoms with Crippen LogP contribution in [0.4, 0.5) is 0 Å². The Labute approximate surface area is 217 Å². The first-order valence-electron chi connectivity index (χ1n) is 12.3. The van der Waals surface area contributed by atoms with Gasteiger partial charge in [0.05, 0.1) is 11.4 Å². The molecule has 1 aliphatic carbocycles. The fourth-order valence-corrected chi connectivity index (χ4v) is 7.13. The minimum atomic E-state index is -3.91. The van der Waals surface area contributed by atoms with Gasteiger partial charge in [-0.2, -0.15) is 4.31 Å². The van der Waals surface area contributed by atoms with Gasteiger partial charge in [-0.15, -0.1) is 0 Å². The van der Waals surface area contributed by atoms with E-state index >= 15 is 0 Å². The Bertz CT molecular complexity index is 1320. The van der Waals surface area contributed by atoms with Gasteiger partial charge in [-0.3, -0.25) is 9.59 Å². The molecule has 9 heteroatoms. The number of benzene rings is 2. The van der Waals surface area contributed by atoms with Gasteiger partial charge in [-0.1, -0.05) is 42.0 Å². The molecule has 36 heavy (non-hydrogen) atoms. The zero-order valence-electron chi connectivity index (χ0n) is 20.4. The molecule has 0 radical (unpaired) electrons. The van der Waals surface area contributed by atoms with Gasteiger partial charge in [0, 0.05) is 30.5 Å². The van der Waals surface area contributed by atoms with Crippen LogP contribution in [0.1, 0.15) is 43.4 Å². The predicted molar refractivity (Wildman–Crippen MR) is 139 cm³/mol. The van der Waals surface area contributed by atoms with Crippen LogP contribution < -0.4 is 0 Å². The molecule has 2 amide bonds. The van der Waals surface area contributed by atoms with E-state index in [1.165, 1.54) is 9.21 Å². The molecule has 0 N–H and O–H groups in total. The Hall–Kier alpha value is -2.68. The maximum atomic E-state index is 13.9. The molecule has 2 aliphatic heterocycles. The summed E-state index contributed by atoms with van der Waals surface area (Å²) in [5.41, 5.74) is 2.90. The normalized spacial score (nSPS) is 22.7. The number of carbonyl (C=O) groups is 2. The molecule has 2 saturated heterocycles. The second-order valence-corrected chi connectivity index (χ2v) is 12.2. The van der Waals surface area contributed by atoms with Crippen LogP contribution in [-0.2, 0) is 32.5 Å². The van der Waals surface area contributed by atoms with Crippen LogP contribution in [0.15, 0.2) is 53.4 Å². The minimum Gasteiger partial charge on any atom is -0.335 e. The summed E-state index contributed by atoms with van der Waals surface area (Å²) in [5, 5.41) is 0.585. The molecule has 2 unspecified atom stereocenters. The number of amides is 2.